The molecule has 0 heterocycles. The molecule has 0 aliphatic rings. The third kappa shape index (κ3) is 5.53. The Kier molecular flexibility index (Phi) is 6.76. The Morgan fingerprint density at radius 1 is 0.793 bits per heavy atom. The van der Waals surface area contributed by atoms with Crippen molar-refractivity contribution in [1.29, 1.82) is 0 Å². The number of carbonyl (C=O) groups is 3. The molecule has 1 atom stereocenters. The van der Waals surface area contributed by atoms with Crippen LogP contribution in [-0.2, 0) is 9.53 Å². The van der Waals surface area contributed by atoms with E-state index in [4.69, 9.17) is 16.3 Å². The molecule has 0 saturated carbocycles. The van der Waals surface area contributed by atoms with E-state index in [1.54, 1.807) is 78.9 Å². The maximum absolute atomic E-state index is 12.9. The molecule has 1 N–H and O–H groups in total. The van der Waals surface area contributed by atoms with Crippen LogP contribution < -0.4 is 5.32 Å². The second-order valence-electron chi connectivity index (χ2n) is 6.20. The Morgan fingerprint density at radius 3 is 2.00 bits per heavy atom. The van der Waals surface area contributed by atoms with Crippen molar-refractivity contribution in [2.45, 2.75) is 6.10 Å². The number of rotatable bonds is 7. The molecule has 0 saturated heterocycles. The molecule has 0 unspecified atom stereocenters. The van der Waals surface area contributed by atoms with E-state index < -0.39 is 18.0 Å². The molecular formula is C23H18ClNO4. The van der Waals surface area contributed by atoms with Crippen molar-refractivity contribution in [1.82, 2.24) is 5.32 Å². The molecule has 146 valence electrons. The van der Waals surface area contributed by atoms with Gasteiger partial charge in [0, 0.05) is 21.7 Å². The molecule has 0 aliphatic heterocycles. The molecule has 3 rings (SSSR count). The van der Waals surface area contributed by atoms with Gasteiger partial charge in [0.15, 0.2) is 6.10 Å². The van der Waals surface area contributed by atoms with Gasteiger partial charge in [-0.05, 0) is 24.3 Å². The summed E-state index contributed by atoms with van der Waals surface area (Å²) in [5, 5.41) is 2.99. The molecule has 29 heavy (non-hydrogen) atoms. The van der Waals surface area contributed by atoms with Crippen LogP contribution in [0.4, 0.5) is 0 Å². The number of amides is 1. The molecule has 0 bridgehead atoms. The van der Waals surface area contributed by atoms with Crippen LogP contribution in [0.3, 0.4) is 0 Å². The first-order valence-electron chi connectivity index (χ1n) is 8.92. The van der Waals surface area contributed by atoms with Crippen molar-refractivity contribution < 1.29 is 19.1 Å². The Hall–Kier alpha value is -3.44. The minimum atomic E-state index is -1.10. The van der Waals surface area contributed by atoms with Crippen LogP contribution in [0.15, 0.2) is 84.9 Å². The first-order chi connectivity index (χ1) is 14.0. The number of hydrogen-bond acceptors (Lipinski definition) is 4. The molecule has 0 fully saturated rings. The highest BCUT2D eigenvalue weighted by Gasteiger charge is 2.26. The molecule has 0 spiro atoms. The van der Waals surface area contributed by atoms with Gasteiger partial charge in [-0.3, -0.25) is 14.4 Å². The van der Waals surface area contributed by atoms with E-state index in [0.717, 1.165) is 0 Å². The standard InChI is InChI=1S/C23H18ClNO4/c24-19-13-11-18(12-14-19)23(28)25-15-20(26)29-22(17-9-5-2-6-10-17)21(27)16-7-3-1-4-8-16/h1-14,22H,15H2,(H,25,28)/t22-/m0/s1. The zero-order chi connectivity index (χ0) is 20.6. The average Bonchev–Trinajstić information content (AvgIpc) is 2.77. The summed E-state index contributed by atoms with van der Waals surface area (Å²) in [6, 6.07) is 23.6. The summed E-state index contributed by atoms with van der Waals surface area (Å²) < 4.78 is 5.43. The predicted octanol–water partition coefficient (Wildman–Crippen LogP) is 4.24. The van der Waals surface area contributed by atoms with Crippen molar-refractivity contribution in [3.05, 3.63) is 107 Å². The second-order valence-corrected chi connectivity index (χ2v) is 6.64. The van der Waals surface area contributed by atoms with Crippen molar-refractivity contribution in [3.8, 4) is 0 Å². The molecule has 3 aromatic rings. The van der Waals surface area contributed by atoms with Crippen molar-refractivity contribution >= 4 is 29.3 Å². The number of Topliss-reactive ketones (excluding diaryl/α,β-unsaturated/α-hetero) is 1. The number of hydrogen-bond donors (Lipinski definition) is 1. The summed E-state index contributed by atoms with van der Waals surface area (Å²) in [7, 11) is 0. The number of ether oxygens (including phenoxy) is 1. The Balaban J connectivity index is 1.69. The van der Waals surface area contributed by atoms with Crippen LogP contribution in [0.2, 0.25) is 5.02 Å². The zero-order valence-electron chi connectivity index (χ0n) is 15.4. The largest absolute Gasteiger partial charge is 0.448 e. The number of benzene rings is 3. The van der Waals surface area contributed by atoms with E-state index in [-0.39, 0.29) is 12.3 Å². The van der Waals surface area contributed by atoms with Crippen molar-refractivity contribution in [2.75, 3.05) is 6.54 Å². The van der Waals surface area contributed by atoms with Gasteiger partial charge in [0.25, 0.3) is 5.91 Å². The van der Waals surface area contributed by atoms with Gasteiger partial charge in [-0.1, -0.05) is 72.3 Å². The molecular weight excluding hydrogens is 390 g/mol. The normalized spacial score (nSPS) is 11.3. The number of ketones is 1. The van der Waals surface area contributed by atoms with Gasteiger partial charge in [-0.15, -0.1) is 0 Å². The highest BCUT2D eigenvalue weighted by Crippen LogP contribution is 2.22. The highest BCUT2D eigenvalue weighted by atomic mass is 35.5. The SMILES string of the molecule is O=C(CNC(=O)c1ccc(Cl)cc1)O[C@H](C(=O)c1ccccc1)c1ccccc1. The topological polar surface area (TPSA) is 72.5 Å². The van der Waals surface area contributed by atoms with Crippen LogP contribution >= 0.6 is 11.6 Å². The van der Waals surface area contributed by atoms with E-state index in [9.17, 15) is 14.4 Å². The summed E-state index contributed by atoms with van der Waals surface area (Å²) in [5.41, 5.74) is 1.35. The second kappa shape index (κ2) is 9.66. The summed E-state index contributed by atoms with van der Waals surface area (Å²) >= 11 is 5.80. The first kappa shape index (κ1) is 20.3. The average molecular weight is 408 g/mol. The molecule has 3 aromatic carbocycles. The van der Waals surface area contributed by atoms with Gasteiger partial charge < -0.3 is 10.1 Å². The molecule has 5 nitrogen and oxygen atoms in total. The molecule has 6 heteroatoms. The monoisotopic (exact) mass is 407 g/mol. The van der Waals surface area contributed by atoms with E-state index in [1.807, 2.05) is 6.07 Å². The summed E-state index contributed by atoms with van der Waals surface area (Å²) in [5.74, 6) is -1.50. The fourth-order valence-corrected chi connectivity index (χ4v) is 2.81. The lowest BCUT2D eigenvalue weighted by Crippen LogP contribution is -2.32. The van der Waals surface area contributed by atoms with Gasteiger partial charge in [-0.2, -0.15) is 0 Å². The van der Waals surface area contributed by atoms with Crippen molar-refractivity contribution in [2.24, 2.45) is 0 Å². The van der Waals surface area contributed by atoms with Crippen LogP contribution in [0.5, 0.6) is 0 Å². The van der Waals surface area contributed by atoms with Crippen molar-refractivity contribution in [3.63, 3.8) is 0 Å². The van der Waals surface area contributed by atoms with Gasteiger partial charge in [0.05, 0.1) is 0 Å². The number of carbonyl (C=O) groups excluding carboxylic acids is 3. The number of halogens is 1. The predicted molar refractivity (Wildman–Crippen MR) is 110 cm³/mol. The smallest absolute Gasteiger partial charge is 0.326 e. The molecule has 0 aromatic heterocycles. The van der Waals surface area contributed by atoms with E-state index in [2.05, 4.69) is 5.32 Å². The van der Waals surface area contributed by atoms with Gasteiger partial charge in [-0.25, -0.2) is 0 Å². The van der Waals surface area contributed by atoms with E-state index in [1.165, 1.54) is 0 Å². The van der Waals surface area contributed by atoms with Crippen LogP contribution in [0.1, 0.15) is 32.4 Å². The quantitative estimate of drug-likeness (QED) is 0.469. The van der Waals surface area contributed by atoms with Crippen LogP contribution in [-0.4, -0.2) is 24.2 Å². The molecule has 0 radical (unpaired) electrons. The summed E-state index contributed by atoms with van der Waals surface area (Å²) in [6.45, 7) is -0.368. The zero-order valence-corrected chi connectivity index (χ0v) is 16.1. The van der Waals surface area contributed by atoms with Gasteiger partial charge >= 0.3 is 5.97 Å². The minimum Gasteiger partial charge on any atom is -0.448 e. The Morgan fingerprint density at radius 2 is 1.38 bits per heavy atom. The summed E-state index contributed by atoms with van der Waals surface area (Å²) in [4.78, 5) is 37.4. The van der Waals surface area contributed by atoms with Gasteiger partial charge in [0.2, 0.25) is 5.78 Å². The van der Waals surface area contributed by atoms with E-state index in [0.29, 0.717) is 21.7 Å². The van der Waals surface area contributed by atoms with Crippen LogP contribution in [0, 0.1) is 0 Å². The lowest BCUT2D eigenvalue weighted by atomic mass is 10.00. The Bertz CT molecular complexity index is 988. The molecule has 1 amide bonds. The maximum atomic E-state index is 12.9. The fraction of sp³-hybridized carbons (Fsp3) is 0.0870. The third-order valence-electron chi connectivity index (χ3n) is 4.15. The van der Waals surface area contributed by atoms with Crippen LogP contribution in [0.25, 0.3) is 0 Å². The molecule has 0 aliphatic carbocycles. The number of esters is 1. The highest BCUT2D eigenvalue weighted by molar-refractivity contribution is 6.30. The summed E-state index contributed by atoms with van der Waals surface area (Å²) in [6.07, 6.45) is -1.10. The maximum Gasteiger partial charge on any atom is 0.326 e. The first-order valence-corrected chi connectivity index (χ1v) is 9.30. The lowest BCUT2D eigenvalue weighted by Gasteiger charge is -2.17. The Labute approximate surface area is 173 Å². The minimum absolute atomic E-state index is 0.339. The third-order valence-corrected chi connectivity index (χ3v) is 4.40. The van der Waals surface area contributed by atoms with E-state index >= 15 is 0 Å². The lowest BCUT2D eigenvalue weighted by molar-refractivity contribution is -0.146. The number of nitrogens with one attached hydrogen (secondary N) is 1. The van der Waals surface area contributed by atoms with Gasteiger partial charge in [0.1, 0.15) is 6.54 Å². The fourth-order valence-electron chi connectivity index (χ4n) is 2.68.